The molecule has 0 saturated heterocycles. The summed E-state index contributed by atoms with van der Waals surface area (Å²) in [6.07, 6.45) is 8.23. The summed E-state index contributed by atoms with van der Waals surface area (Å²) < 4.78 is 5.38. The monoisotopic (exact) mass is 363 g/mol. The van der Waals surface area contributed by atoms with Gasteiger partial charge in [-0.1, -0.05) is 31.2 Å². The number of nitrogens with one attached hydrogen (secondary N) is 1. The van der Waals surface area contributed by atoms with E-state index in [1.165, 1.54) is 36.0 Å². The number of rotatable bonds is 7. The van der Waals surface area contributed by atoms with Crippen LogP contribution in [0.25, 0.3) is 0 Å². The fourth-order valence-electron chi connectivity index (χ4n) is 3.87. The number of hydrogen-bond acceptors (Lipinski definition) is 2. The molecule has 3 nitrogen and oxygen atoms in total. The van der Waals surface area contributed by atoms with Gasteiger partial charge < -0.3 is 10.1 Å². The van der Waals surface area contributed by atoms with Crippen LogP contribution < -0.4 is 10.1 Å². The Balaban J connectivity index is 1.79. The number of methoxy groups -OCH3 is 1. The van der Waals surface area contributed by atoms with E-state index < -0.39 is 0 Å². The summed E-state index contributed by atoms with van der Waals surface area (Å²) >= 11 is 0. The maximum Gasteiger partial charge on any atom is 0.251 e. The summed E-state index contributed by atoms with van der Waals surface area (Å²) in [7, 11) is 1.64. The van der Waals surface area contributed by atoms with E-state index in [1.807, 2.05) is 24.3 Å². The first-order valence-electron chi connectivity index (χ1n) is 9.86. The van der Waals surface area contributed by atoms with Gasteiger partial charge >= 0.3 is 0 Å². The highest BCUT2D eigenvalue weighted by Gasteiger charge is 2.18. The minimum absolute atomic E-state index is 0.0229. The summed E-state index contributed by atoms with van der Waals surface area (Å²) in [5.74, 6) is 0.737. The minimum atomic E-state index is -0.0486. The number of benzene rings is 2. The van der Waals surface area contributed by atoms with Gasteiger partial charge in [-0.05, 0) is 79.0 Å². The lowest BCUT2D eigenvalue weighted by molar-refractivity contribution is 0.0935. The van der Waals surface area contributed by atoms with Gasteiger partial charge in [-0.25, -0.2) is 0 Å². The molecule has 0 fully saturated rings. The van der Waals surface area contributed by atoms with Crippen LogP contribution in [0.1, 0.15) is 64.8 Å². The molecule has 1 atom stereocenters. The molecule has 1 N–H and O–H groups in total. The molecule has 2 aromatic rings. The van der Waals surface area contributed by atoms with Crippen molar-refractivity contribution in [2.24, 2.45) is 0 Å². The van der Waals surface area contributed by atoms with Gasteiger partial charge in [0.25, 0.3) is 5.91 Å². The summed E-state index contributed by atoms with van der Waals surface area (Å²) in [6, 6.07) is 12.3. The van der Waals surface area contributed by atoms with Crippen molar-refractivity contribution in [3.8, 4) is 5.75 Å². The molecule has 3 rings (SSSR count). The Labute approximate surface area is 162 Å². The molecule has 0 radical (unpaired) electrons. The summed E-state index contributed by atoms with van der Waals surface area (Å²) in [5, 5.41) is 3.21. The smallest absolute Gasteiger partial charge is 0.251 e. The summed E-state index contributed by atoms with van der Waals surface area (Å²) in [5.41, 5.74) is 5.75. The Morgan fingerprint density at radius 3 is 2.67 bits per heavy atom. The Morgan fingerprint density at radius 1 is 1.19 bits per heavy atom. The van der Waals surface area contributed by atoms with Crippen molar-refractivity contribution in [1.82, 2.24) is 5.32 Å². The van der Waals surface area contributed by atoms with Crippen LogP contribution in [0.15, 0.2) is 49.1 Å². The van der Waals surface area contributed by atoms with Crippen LogP contribution in [0.5, 0.6) is 5.75 Å². The third-order valence-electron chi connectivity index (χ3n) is 5.40. The SMILES string of the molecule is C=CCc1cc(C(=O)NC(CC)c2ccc3c(c2)CCCC3)ccc1OC. The van der Waals surface area contributed by atoms with Gasteiger partial charge in [0.05, 0.1) is 13.2 Å². The number of hydrogen-bond donors (Lipinski definition) is 1. The second kappa shape index (κ2) is 8.90. The largest absolute Gasteiger partial charge is 0.496 e. The molecule has 0 heterocycles. The second-order valence-electron chi connectivity index (χ2n) is 7.19. The van der Waals surface area contributed by atoms with Crippen LogP contribution in [-0.4, -0.2) is 13.0 Å². The zero-order valence-corrected chi connectivity index (χ0v) is 16.4. The molecule has 3 heteroatoms. The van der Waals surface area contributed by atoms with Crippen molar-refractivity contribution < 1.29 is 9.53 Å². The highest BCUT2D eigenvalue weighted by atomic mass is 16.5. The Kier molecular flexibility index (Phi) is 6.33. The summed E-state index contributed by atoms with van der Waals surface area (Å²) in [6.45, 7) is 5.90. The molecule has 1 amide bonds. The Bertz CT molecular complexity index is 825. The number of fused-ring (bicyclic) bond motifs is 1. The number of ether oxygens (including phenoxy) is 1. The molecule has 2 aromatic carbocycles. The van der Waals surface area contributed by atoms with Crippen LogP contribution in [0.4, 0.5) is 0 Å². The molecule has 1 unspecified atom stereocenters. The molecule has 1 aliphatic rings. The molecule has 0 bridgehead atoms. The van der Waals surface area contributed by atoms with Crippen molar-refractivity contribution in [2.45, 2.75) is 51.5 Å². The average Bonchev–Trinajstić information content (AvgIpc) is 2.71. The quantitative estimate of drug-likeness (QED) is 0.688. The van der Waals surface area contributed by atoms with E-state index in [1.54, 1.807) is 7.11 Å². The van der Waals surface area contributed by atoms with E-state index in [9.17, 15) is 4.79 Å². The lowest BCUT2D eigenvalue weighted by atomic mass is 9.88. The van der Waals surface area contributed by atoms with E-state index >= 15 is 0 Å². The molecule has 0 aromatic heterocycles. The number of allylic oxidation sites excluding steroid dienone is 1. The molecule has 142 valence electrons. The first-order chi connectivity index (χ1) is 13.2. The molecule has 0 aliphatic heterocycles. The molecule has 0 spiro atoms. The van der Waals surface area contributed by atoms with Gasteiger partial charge in [0.15, 0.2) is 0 Å². The highest BCUT2D eigenvalue weighted by molar-refractivity contribution is 5.94. The predicted molar refractivity (Wildman–Crippen MR) is 110 cm³/mol. The number of carbonyl (C=O) groups is 1. The first kappa shape index (κ1) is 19.2. The van der Waals surface area contributed by atoms with Crippen LogP contribution in [0, 0.1) is 0 Å². The first-order valence-corrected chi connectivity index (χ1v) is 9.86. The maximum absolute atomic E-state index is 12.9. The van der Waals surface area contributed by atoms with Gasteiger partial charge in [0.2, 0.25) is 0 Å². The topological polar surface area (TPSA) is 38.3 Å². The van der Waals surface area contributed by atoms with Gasteiger partial charge in [0, 0.05) is 5.56 Å². The number of aryl methyl sites for hydroxylation is 2. The van der Waals surface area contributed by atoms with Gasteiger partial charge in [-0.2, -0.15) is 0 Å². The third kappa shape index (κ3) is 4.41. The van der Waals surface area contributed by atoms with E-state index in [0.29, 0.717) is 12.0 Å². The van der Waals surface area contributed by atoms with E-state index in [2.05, 4.69) is 37.0 Å². The van der Waals surface area contributed by atoms with Crippen molar-refractivity contribution in [3.05, 3.63) is 76.9 Å². The standard InChI is InChI=1S/C24H29NO2/c1-4-8-20-16-21(13-14-23(20)27-3)24(26)25-22(5-2)19-12-11-17-9-6-7-10-18(17)15-19/h4,11-16,22H,1,5-10H2,2-3H3,(H,25,26). The average molecular weight is 364 g/mol. The third-order valence-corrected chi connectivity index (χ3v) is 5.40. The fourth-order valence-corrected chi connectivity index (χ4v) is 3.87. The van der Waals surface area contributed by atoms with E-state index in [4.69, 9.17) is 4.74 Å². The van der Waals surface area contributed by atoms with Gasteiger partial charge in [0.1, 0.15) is 5.75 Å². The van der Waals surface area contributed by atoms with E-state index in [-0.39, 0.29) is 11.9 Å². The van der Waals surface area contributed by atoms with Crippen molar-refractivity contribution in [1.29, 1.82) is 0 Å². The zero-order valence-electron chi connectivity index (χ0n) is 16.4. The van der Waals surface area contributed by atoms with Crippen molar-refractivity contribution in [3.63, 3.8) is 0 Å². The molecule has 0 saturated carbocycles. The Hall–Kier alpha value is -2.55. The van der Waals surface area contributed by atoms with Crippen LogP contribution in [0.3, 0.4) is 0 Å². The van der Waals surface area contributed by atoms with Crippen LogP contribution in [0.2, 0.25) is 0 Å². The fraction of sp³-hybridized carbons (Fsp3) is 0.375. The molecular weight excluding hydrogens is 334 g/mol. The lowest BCUT2D eigenvalue weighted by Crippen LogP contribution is -2.28. The minimum Gasteiger partial charge on any atom is -0.496 e. The predicted octanol–water partition coefficient (Wildman–Crippen LogP) is 5.18. The van der Waals surface area contributed by atoms with Crippen molar-refractivity contribution >= 4 is 5.91 Å². The molecule has 27 heavy (non-hydrogen) atoms. The second-order valence-corrected chi connectivity index (χ2v) is 7.19. The lowest BCUT2D eigenvalue weighted by Gasteiger charge is -2.22. The number of carbonyl (C=O) groups excluding carboxylic acids is 1. The van der Waals surface area contributed by atoms with Crippen LogP contribution >= 0.6 is 0 Å². The maximum atomic E-state index is 12.9. The van der Waals surface area contributed by atoms with E-state index in [0.717, 1.165) is 24.2 Å². The Morgan fingerprint density at radius 2 is 1.96 bits per heavy atom. The molecular formula is C24H29NO2. The number of amides is 1. The highest BCUT2D eigenvalue weighted by Crippen LogP contribution is 2.27. The zero-order chi connectivity index (χ0) is 19.2. The van der Waals surface area contributed by atoms with Gasteiger partial charge in [-0.15, -0.1) is 6.58 Å². The van der Waals surface area contributed by atoms with Gasteiger partial charge in [-0.3, -0.25) is 4.79 Å². The van der Waals surface area contributed by atoms with Crippen molar-refractivity contribution in [2.75, 3.05) is 7.11 Å². The normalized spacial score (nSPS) is 14.1. The van der Waals surface area contributed by atoms with Crippen LogP contribution in [-0.2, 0) is 19.3 Å². The summed E-state index contributed by atoms with van der Waals surface area (Å²) in [4.78, 5) is 12.9. The molecule has 1 aliphatic carbocycles.